The van der Waals surface area contributed by atoms with E-state index in [1.807, 2.05) is 0 Å². The molecule has 1 unspecified atom stereocenters. The molecule has 1 fully saturated rings. The summed E-state index contributed by atoms with van der Waals surface area (Å²) in [6.07, 6.45) is 4.41. The van der Waals surface area contributed by atoms with Crippen molar-refractivity contribution in [2.45, 2.75) is 45.6 Å². The Morgan fingerprint density at radius 2 is 2.00 bits per heavy atom. The van der Waals surface area contributed by atoms with Crippen LogP contribution >= 0.6 is 11.6 Å². The molecule has 1 aromatic carbocycles. The summed E-state index contributed by atoms with van der Waals surface area (Å²) in [6.45, 7) is 4.33. The Bertz CT molecular complexity index is 422. The molecule has 1 aliphatic carbocycles. The van der Waals surface area contributed by atoms with Gasteiger partial charge in [-0.3, -0.25) is 0 Å². The number of hydrogen-bond donors (Lipinski definition) is 1. The minimum atomic E-state index is -0.647. The van der Waals surface area contributed by atoms with Crippen LogP contribution in [-0.2, 0) is 0 Å². The summed E-state index contributed by atoms with van der Waals surface area (Å²) in [5.41, 5.74) is 0.320. The van der Waals surface area contributed by atoms with Crippen molar-refractivity contribution in [2.75, 3.05) is 5.32 Å². The van der Waals surface area contributed by atoms with Crippen LogP contribution in [0, 0.1) is 17.0 Å². The molecule has 0 heterocycles. The molecule has 100 valence electrons. The maximum absolute atomic E-state index is 13.7. The fourth-order valence-electron chi connectivity index (χ4n) is 2.62. The number of anilines is 1. The molecule has 2 rings (SSSR count). The van der Waals surface area contributed by atoms with Gasteiger partial charge in [0.1, 0.15) is 5.82 Å². The van der Waals surface area contributed by atoms with E-state index in [1.165, 1.54) is 6.42 Å². The Kier molecular flexibility index (Phi) is 3.81. The average Bonchev–Trinajstić information content (AvgIpc) is 2.24. The molecule has 1 N–H and O–H groups in total. The minimum Gasteiger partial charge on any atom is -0.378 e. The van der Waals surface area contributed by atoms with E-state index in [0.29, 0.717) is 0 Å². The number of halogens is 3. The summed E-state index contributed by atoms with van der Waals surface area (Å²) in [4.78, 5) is 0. The largest absolute Gasteiger partial charge is 0.378 e. The second-order valence-corrected chi connectivity index (χ2v) is 6.08. The van der Waals surface area contributed by atoms with E-state index in [1.54, 1.807) is 0 Å². The van der Waals surface area contributed by atoms with Crippen molar-refractivity contribution in [1.82, 2.24) is 0 Å². The van der Waals surface area contributed by atoms with E-state index in [2.05, 4.69) is 19.2 Å². The molecular weight excluding hydrogens is 256 g/mol. The predicted octanol–water partition coefficient (Wildman–Crippen LogP) is 5.00. The molecule has 1 nitrogen and oxygen atoms in total. The first-order valence-electron chi connectivity index (χ1n) is 6.31. The lowest BCUT2D eigenvalue weighted by molar-refractivity contribution is 0.216. The van der Waals surface area contributed by atoms with E-state index in [4.69, 9.17) is 11.6 Å². The number of benzene rings is 1. The number of hydrogen-bond acceptors (Lipinski definition) is 1. The Morgan fingerprint density at radius 3 is 2.61 bits per heavy atom. The summed E-state index contributed by atoms with van der Waals surface area (Å²) < 4.78 is 26.7. The highest BCUT2D eigenvalue weighted by atomic mass is 35.5. The molecule has 4 heteroatoms. The van der Waals surface area contributed by atoms with Crippen molar-refractivity contribution in [2.24, 2.45) is 5.41 Å². The minimum absolute atomic E-state index is 0.0996. The molecule has 1 atom stereocenters. The Labute approximate surface area is 112 Å². The van der Waals surface area contributed by atoms with Gasteiger partial charge in [0, 0.05) is 12.1 Å². The van der Waals surface area contributed by atoms with Gasteiger partial charge in [-0.1, -0.05) is 38.3 Å². The second-order valence-electron chi connectivity index (χ2n) is 5.68. The Balaban J connectivity index is 2.23. The molecule has 1 aromatic rings. The van der Waals surface area contributed by atoms with Crippen molar-refractivity contribution in [3.63, 3.8) is 0 Å². The van der Waals surface area contributed by atoms with Gasteiger partial charge in [0.15, 0.2) is 5.82 Å². The molecule has 18 heavy (non-hydrogen) atoms. The van der Waals surface area contributed by atoms with E-state index in [9.17, 15) is 8.78 Å². The monoisotopic (exact) mass is 273 g/mol. The maximum atomic E-state index is 13.7. The van der Waals surface area contributed by atoms with Crippen LogP contribution in [0.4, 0.5) is 14.5 Å². The summed E-state index contributed by atoms with van der Waals surface area (Å²) in [7, 11) is 0. The van der Waals surface area contributed by atoms with E-state index in [-0.39, 0.29) is 22.2 Å². The van der Waals surface area contributed by atoms with Crippen LogP contribution in [0.5, 0.6) is 0 Å². The zero-order chi connectivity index (χ0) is 13.3. The Hall–Kier alpha value is -0.830. The van der Waals surface area contributed by atoms with E-state index >= 15 is 0 Å². The summed E-state index contributed by atoms with van der Waals surface area (Å²) in [6, 6.07) is 2.18. The van der Waals surface area contributed by atoms with Crippen LogP contribution in [0.3, 0.4) is 0 Å². The van der Waals surface area contributed by atoms with E-state index in [0.717, 1.165) is 31.4 Å². The standard InChI is InChI=1S/C14H18ClF2N/c1-14(2)6-4-3-5-12(14)18-13-10(15)7-9(16)8-11(13)17/h7-8,12,18H,3-6H2,1-2H3. The third-order valence-electron chi connectivity index (χ3n) is 3.83. The van der Waals surface area contributed by atoms with E-state index < -0.39 is 11.6 Å². The number of nitrogens with one attached hydrogen (secondary N) is 1. The van der Waals surface area contributed by atoms with Crippen molar-refractivity contribution >= 4 is 17.3 Å². The van der Waals surface area contributed by atoms with Gasteiger partial charge < -0.3 is 5.32 Å². The lowest BCUT2D eigenvalue weighted by Gasteiger charge is -2.39. The predicted molar refractivity (Wildman–Crippen MR) is 71.0 cm³/mol. The molecule has 0 saturated heterocycles. The lowest BCUT2D eigenvalue weighted by atomic mass is 9.73. The molecule has 0 amide bonds. The van der Waals surface area contributed by atoms with Crippen molar-refractivity contribution in [3.05, 3.63) is 28.8 Å². The normalized spacial score (nSPS) is 22.8. The van der Waals surface area contributed by atoms with Gasteiger partial charge in [0.2, 0.25) is 0 Å². The quantitative estimate of drug-likeness (QED) is 0.800. The fourth-order valence-corrected chi connectivity index (χ4v) is 2.86. The van der Waals surface area contributed by atoms with Gasteiger partial charge in [0.05, 0.1) is 10.7 Å². The smallest absolute Gasteiger partial charge is 0.150 e. The number of rotatable bonds is 2. The highest BCUT2D eigenvalue weighted by Crippen LogP contribution is 2.39. The first-order valence-corrected chi connectivity index (χ1v) is 6.69. The highest BCUT2D eigenvalue weighted by molar-refractivity contribution is 6.33. The summed E-state index contributed by atoms with van der Waals surface area (Å²) in [5.74, 6) is -1.27. The van der Waals surface area contributed by atoms with Gasteiger partial charge in [-0.2, -0.15) is 0 Å². The van der Waals surface area contributed by atoms with Gasteiger partial charge in [-0.05, 0) is 24.3 Å². The van der Waals surface area contributed by atoms with Gasteiger partial charge >= 0.3 is 0 Å². The molecule has 0 bridgehead atoms. The molecule has 1 saturated carbocycles. The molecule has 0 radical (unpaired) electrons. The zero-order valence-corrected chi connectivity index (χ0v) is 11.5. The van der Waals surface area contributed by atoms with Crippen LogP contribution in [0.15, 0.2) is 12.1 Å². The molecule has 0 aromatic heterocycles. The van der Waals surface area contributed by atoms with Crippen LogP contribution in [-0.4, -0.2) is 6.04 Å². The second kappa shape index (κ2) is 5.04. The first kappa shape index (κ1) is 13.6. The Morgan fingerprint density at radius 1 is 1.28 bits per heavy atom. The fraction of sp³-hybridized carbons (Fsp3) is 0.571. The van der Waals surface area contributed by atoms with Crippen molar-refractivity contribution in [3.8, 4) is 0 Å². The van der Waals surface area contributed by atoms with Crippen LogP contribution in [0.1, 0.15) is 39.5 Å². The highest BCUT2D eigenvalue weighted by Gasteiger charge is 2.32. The molecule has 1 aliphatic rings. The van der Waals surface area contributed by atoms with Gasteiger partial charge in [-0.15, -0.1) is 0 Å². The third-order valence-corrected chi connectivity index (χ3v) is 4.13. The first-order chi connectivity index (χ1) is 8.40. The van der Waals surface area contributed by atoms with Gasteiger partial charge in [0.25, 0.3) is 0 Å². The lowest BCUT2D eigenvalue weighted by Crippen LogP contribution is -2.39. The zero-order valence-electron chi connectivity index (χ0n) is 10.7. The average molecular weight is 274 g/mol. The molecule has 0 spiro atoms. The molecule has 0 aliphatic heterocycles. The SMILES string of the molecule is CC1(C)CCCCC1Nc1c(F)cc(F)cc1Cl. The van der Waals surface area contributed by atoms with Crippen LogP contribution in [0.2, 0.25) is 5.02 Å². The molecular formula is C14H18ClF2N. The van der Waals surface area contributed by atoms with Crippen LogP contribution < -0.4 is 5.32 Å². The van der Waals surface area contributed by atoms with Gasteiger partial charge in [-0.25, -0.2) is 8.78 Å². The summed E-state index contributed by atoms with van der Waals surface area (Å²) in [5, 5.41) is 3.27. The van der Waals surface area contributed by atoms with Crippen molar-refractivity contribution in [1.29, 1.82) is 0 Å². The van der Waals surface area contributed by atoms with Crippen molar-refractivity contribution < 1.29 is 8.78 Å². The summed E-state index contributed by atoms with van der Waals surface area (Å²) >= 11 is 5.90. The van der Waals surface area contributed by atoms with Crippen LogP contribution in [0.25, 0.3) is 0 Å². The topological polar surface area (TPSA) is 12.0 Å². The maximum Gasteiger partial charge on any atom is 0.150 e. The third kappa shape index (κ3) is 2.77.